The van der Waals surface area contributed by atoms with Gasteiger partial charge in [-0.3, -0.25) is 9.59 Å². The van der Waals surface area contributed by atoms with Gasteiger partial charge in [-0.25, -0.2) is 0 Å². The molecule has 1 amide bonds. The molecule has 296 valence electrons. The normalized spacial score (nSPS) is 24.7. The number of likely N-dealkylation sites (tertiary alicyclic amines) is 2. The first-order valence-electron chi connectivity index (χ1n) is 20.1. The number of ketones is 1. The first kappa shape index (κ1) is 40.3. The van der Waals surface area contributed by atoms with Crippen LogP contribution in [0.15, 0.2) is 48.7 Å². The Labute approximate surface area is 319 Å². The van der Waals surface area contributed by atoms with Crippen molar-refractivity contribution in [1.82, 2.24) is 14.4 Å². The molecule has 3 aliphatic heterocycles. The van der Waals surface area contributed by atoms with Crippen molar-refractivity contribution in [2.45, 2.75) is 116 Å². The van der Waals surface area contributed by atoms with Crippen LogP contribution in [0.2, 0.25) is 0 Å². The maximum atomic E-state index is 12.8. The zero-order valence-electron chi connectivity index (χ0n) is 32.4. The maximum Gasteiger partial charge on any atom is 0.223 e. The molecule has 54 heavy (non-hydrogen) atoms. The van der Waals surface area contributed by atoms with Gasteiger partial charge in [0.1, 0.15) is 35.9 Å². The number of rotatable bonds is 15. The van der Waals surface area contributed by atoms with Crippen molar-refractivity contribution in [2.24, 2.45) is 11.3 Å². The highest BCUT2D eigenvalue weighted by atomic mass is 16.6. The van der Waals surface area contributed by atoms with E-state index in [4.69, 9.17) is 9.47 Å². The SMILES string of the molecule is Cc1cccc2c1c(Cc1ccc(OCCCN3CCCC4(CCN(C(=O)CCC(=O)CCC(C)C)CC4)C3)cc1)cn2[C@@H]1O[C@H](CO)[C@@H](O)[C@H](O)[C@H]1O. The van der Waals surface area contributed by atoms with Crippen LogP contribution in [-0.4, -0.2) is 117 Å². The van der Waals surface area contributed by atoms with Gasteiger partial charge in [0.2, 0.25) is 5.91 Å². The van der Waals surface area contributed by atoms with E-state index < -0.39 is 37.3 Å². The predicted octanol–water partition coefficient (Wildman–Crippen LogP) is 4.77. The average Bonchev–Trinajstić information content (AvgIpc) is 3.53. The number of hydrogen-bond acceptors (Lipinski definition) is 9. The lowest BCUT2D eigenvalue weighted by atomic mass is 9.72. The summed E-state index contributed by atoms with van der Waals surface area (Å²) >= 11 is 0. The molecule has 0 unspecified atom stereocenters. The van der Waals surface area contributed by atoms with E-state index in [1.807, 2.05) is 48.4 Å². The molecular formula is C43H61N3O8. The fourth-order valence-electron chi connectivity index (χ4n) is 8.76. The van der Waals surface area contributed by atoms with Crippen LogP contribution in [0, 0.1) is 18.3 Å². The summed E-state index contributed by atoms with van der Waals surface area (Å²) in [5.41, 5.74) is 4.32. The number of ether oxygens (including phenoxy) is 2. The molecule has 0 radical (unpaired) electrons. The third-order valence-electron chi connectivity index (χ3n) is 12.0. The van der Waals surface area contributed by atoms with Gasteiger partial charge in [-0.15, -0.1) is 0 Å². The number of hydrogen-bond donors (Lipinski definition) is 4. The molecule has 2 aromatic carbocycles. The summed E-state index contributed by atoms with van der Waals surface area (Å²) in [7, 11) is 0. The minimum atomic E-state index is -1.45. The molecule has 1 aromatic heterocycles. The largest absolute Gasteiger partial charge is 0.494 e. The molecule has 11 heteroatoms. The second-order valence-corrected chi connectivity index (χ2v) is 16.5. The third kappa shape index (κ3) is 9.54. The van der Waals surface area contributed by atoms with E-state index in [1.54, 1.807) is 4.57 Å². The van der Waals surface area contributed by atoms with Gasteiger partial charge in [0, 0.05) is 57.0 Å². The van der Waals surface area contributed by atoms with Crippen LogP contribution >= 0.6 is 0 Å². The summed E-state index contributed by atoms with van der Waals surface area (Å²) in [6.07, 6.45) is 3.97. The van der Waals surface area contributed by atoms with Crippen molar-refractivity contribution in [2.75, 3.05) is 45.9 Å². The predicted molar refractivity (Wildman–Crippen MR) is 207 cm³/mol. The van der Waals surface area contributed by atoms with Gasteiger partial charge in [0.15, 0.2) is 6.23 Å². The molecule has 0 aliphatic carbocycles. The fraction of sp³-hybridized carbons (Fsp3) is 0.628. The number of aliphatic hydroxyl groups excluding tert-OH is 4. The number of nitrogens with zero attached hydrogens (tertiary/aromatic N) is 3. The van der Waals surface area contributed by atoms with Gasteiger partial charge in [-0.1, -0.05) is 38.1 Å². The van der Waals surface area contributed by atoms with Crippen molar-refractivity contribution in [1.29, 1.82) is 0 Å². The molecule has 4 N–H and O–H groups in total. The van der Waals surface area contributed by atoms with E-state index in [-0.39, 0.29) is 17.1 Å². The number of fused-ring (bicyclic) bond motifs is 1. The molecule has 3 fully saturated rings. The second kappa shape index (κ2) is 18.1. The lowest BCUT2D eigenvalue weighted by Crippen LogP contribution is -2.56. The highest BCUT2D eigenvalue weighted by Crippen LogP contribution is 2.40. The number of aromatic nitrogens is 1. The number of carbonyl (C=O) groups is 2. The number of benzene rings is 2. The van der Waals surface area contributed by atoms with Crippen LogP contribution in [0.1, 0.15) is 94.6 Å². The molecular weight excluding hydrogens is 686 g/mol. The zero-order valence-corrected chi connectivity index (χ0v) is 32.4. The number of Topliss-reactive ketones (excluding diaryl/α,β-unsaturated/α-hetero) is 1. The first-order chi connectivity index (χ1) is 26.0. The molecule has 11 nitrogen and oxygen atoms in total. The minimum absolute atomic E-state index is 0.134. The Morgan fingerprint density at radius 3 is 2.43 bits per heavy atom. The topological polar surface area (TPSA) is 145 Å². The Bertz CT molecular complexity index is 1700. The summed E-state index contributed by atoms with van der Waals surface area (Å²) in [5.74, 6) is 1.68. The summed E-state index contributed by atoms with van der Waals surface area (Å²) < 4.78 is 13.9. The summed E-state index contributed by atoms with van der Waals surface area (Å²) in [5, 5.41) is 42.4. The lowest BCUT2D eigenvalue weighted by molar-refractivity contribution is -0.250. The molecule has 3 saturated heterocycles. The smallest absolute Gasteiger partial charge is 0.223 e. The highest BCUT2D eigenvalue weighted by molar-refractivity contribution is 5.88. The van der Waals surface area contributed by atoms with Crippen molar-refractivity contribution in [3.8, 4) is 5.75 Å². The quantitative estimate of drug-likeness (QED) is 0.162. The van der Waals surface area contributed by atoms with E-state index in [1.165, 1.54) is 12.8 Å². The van der Waals surface area contributed by atoms with Gasteiger partial charge < -0.3 is 44.3 Å². The molecule has 1 spiro atoms. The van der Waals surface area contributed by atoms with Crippen LogP contribution in [0.5, 0.6) is 5.75 Å². The zero-order chi connectivity index (χ0) is 38.4. The minimum Gasteiger partial charge on any atom is -0.494 e. The van der Waals surface area contributed by atoms with E-state index in [0.29, 0.717) is 38.2 Å². The molecule has 0 bridgehead atoms. The highest BCUT2D eigenvalue weighted by Gasteiger charge is 2.45. The maximum absolute atomic E-state index is 12.8. The van der Waals surface area contributed by atoms with Crippen LogP contribution in [-0.2, 0) is 20.7 Å². The lowest BCUT2D eigenvalue weighted by Gasteiger charge is -2.47. The Hall–Kier alpha value is -3.32. The Balaban J connectivity index is 0.966. The number of aryl methyl sites for hydroxylation is 1. The molecule has 5 atom stereocenters. The monoisotopic (exact) mass is 747 g/mol. The number of carbonyl (C=O) groups excluding carboxylic acids is 2. The number of piperidine rings is 2. The first-order valence-corrected chi connectivity index (χ1v) is 20.1. The Morgan fingerprint density at radius 1 is 0.944 bits per heavy atom. The van der Waals surface area contributed by atoms with Crippen molar-refractivity contribution >= 4 is 22.6 Å². The van der Waals surface area contributed by atoms with Gasteiger partial charge >= 0.3 is 0 Å². The van der Waals surface area contributed by atoms with Crippen LogP contribution < -0.4 is 4.74 Å². The molecule has 3 aromatic rings. The average molecular weight is 748 g/mol. The third-order valence-corrected chi connectivity index (χ3v) is 12.0. The Morgan fingerprint density at radius 2 is 1.70 bits per heavy atom. The van der Waals surface area contributed by atoms with Crippen LogP contribution in [0.25, 0.3) is 10.9 Å². The van der Waals surface area contributed by atoms with Crippen LogP contribution in [0.3, 0.4) is 0 Å². The number of amides is 1. The molecule has 6 rings (SSSR count). The van der Waals surface area contributed by atoms with Crippen molar-refractivity contribution < 1.29 is 39.5 Å². The van der Waals surface area contributed by atoms with Crippen molar-refractivity contribution in [3.05, 3.63) is 65.4 Å². The van der Waals surface area contributed by atoms with Gasteiger partial charge in [0.25, 0.3) is 0 Å². The number of aliphatic hydroxyl groups is 4. The fourth-order valence-corrected chi connectivity index (χ4v) is 8.76. The standard InChI is InChI=1S/C43H61N3O8/c1-29(2)9-12-33(48)13-16-37(49)45-22-18-43(19-23-45)17-5-20-44(28-43)21-6-24-53-34-14-10-31(11-15-34)25-32-26-46(35-8-4-7-30(3)38(32)35)42-41(52)40(51)39(50)36(27-47)54-42/h4,7-8,10-11,14-15,26,29,36,39-42,47,50-52H,5-6,9,12-13,16-25,27-28H2,1-3H3/t36-,39-,40+,41-,42-/m1/s1. The summed E-state index contributed by atoms with van der Waals surface area (Å²) in [6, 6.07) is 14.1. The second-order valence-electron chi connectivity index (χ2n) is 16.5. The van der Waals surface area contributed by atoms with Crippen LogP contribution in [0.4, 0.5) is 0 Å². The molecule has 4 heterocycles. The Kier molecular flexibility index (Phi) is 13.5. The van der Waals surface area contributed by atoms with E-state index in [9.17, 15) is 30.0 Å². The van der Waals surface area contributed by atoms with Gasteiger partial charge in [-0.05, 0) is 105 Å². The molecule has 0 saturated carbocycles. The molecule has 3 aliphatic rings. The van der Waals surface area contributed by atoms with E-state index >= 15 is 0 Å². The van der Waals surface area contributed by atoms with Crippen molar-refractivity contribution in [3.63, 3.8) is 0 Å². The summed E-state index contributed by atoms with van der Waals surface area (Å²) in [4.78, 5) is 29.6. The van der Waals surface area contributed by atoms with E-state index in [0.717, 1.165) is 91.7 Å². The van der Waals surface area contributed by atoms with E-state index in [2.05, 4.69) is 30.9 Å². The van der Waals surface area contributed by atoms with Gasteiger partial charge in [0.05, 0.1) is 18.7 Å². The summed E-state index contributed by atoms with van der Waals surface area (Å²) in [6.45, 7) is 11.2. The van der Waals surface area contributed by atoms with Gasteiger partial charge in [-0.2, -0.15) is 0 Å².